The van der Waals surface area contributed by atoms with Crippen molar-refractivity contribution in [3.63, 3.8) is 0 Å². The Hall–Kier alpha value is -0.860. The summed E-state index contributed by atoms with van der Waals surface area (Å²) in [7, 11) is 1.72. The van der Waals surface area contributed by atoms with E-state index in [4.69, 9.17) is 4.74 Å². The van der Waals surface area contributed by atoms with Gasteiger partial charge in [0.25, 0.3) is 0 Å². The molecule has 0 amide bonds. The van der Waals surface area contributed by atoms with Gasteiger partial charge in [0.1, 0.15) is 0 Å². The molecule has 2 aliphatic carbocycles. The van der Waals surface area contributed by atoms with Crippen LogP contribution in [0.5, 0.6) is 0 Å². The van der Waals surface area contributed by atoms with Crippen molar-refractivity contribution in [2.45, 2.75) is 50.2 Å². The largest absolute Gasteiger partial charge is 0.389 e. The van der Waals surface area contributed by atoms with Gasteiger partial charge in [-0.3, -0.25) is 0 Å². The van der Waals surface area contributed by atoms with Gasteiger partial charge in [0, 0.05) is 26.4 Å². The number of rotatable bonds is 3. The maximum absolute atomic E-state index is 10.3. The number of ether oxygens (including phenoxy) is 1. The number of benzene rings is 1. The minimum atomic E-state index is -0.520. The van der Waals surface area contributed by atoms with Crippen molar-refractivity contribution in [1.82, 2.24) is 0 Å². The minimum Gasteiger partial charge on any atom is -0.389 e. The first kappa shape index (κ1) is 11.2. The highest BCUT2D eigenvalue weighted by Crippen LogP contribution is 2.37. The van der Waals surface area contributed by atoms with Gasteiger partial charge in [0.2, 0.25) is 0 Å². The van der Waals surface area contributed by atoms with E-state index in [9.17, 15) is 5.11 Å². The van der Waals surface area contributed by atoms with Gasteiger partial charge >= 0.3 is 0 Å². The second kappa shape index (κ2) is 4.11. The fourth-order valence-electron chi connectivity index (χ4n) is 3.21. The topological polar surface area (TPSA) is 29.5 Å². The van der Waals surface area contributed by atoms with E-state index in [0.717, 1.165) is 19.3 Å². The second-order valence-electron chi connectivity index (χ2n) is 5.62. The van der Waals surface area contributed by atoms with Crippen LogP contribution in [0.25, 0.3) is 0 Å². The Morgan fingerprint density at radius 1 is 1.29 bits per heavy atom. The van der Waals surface area contributed by atoms with Crippen molar-refractivity contribution in [3.05, 3.63) is 34.9 Å². The lowest BCUT2D eigenvalue weighted by Gasteiger charge is -2.43. The lowest BCUT2D eigenvalue weighted by molar-refractivity contribution is -0.126. The number of aliphatic hydroxyl groups is 1. The van der Waals surface area contributed by atoms with Gasteiger partial charge in [-0.05, 0) is 36.0 Å². The molecular formula is C15H20O2. The van der Waals surface area contributed by atoms with Crippen molar-refractivity contribution in [2.24, 2.45) is 0 Å². The monoisotopic (exact) mass is 232 g/mol. The number of hydrogen-bond acceptors (Lipinski definition) is 2. The quantitative estimate of drug-likeness (QED) is 0.866. The van der Waals surface area contributed by atoms with Crippen LogP contribution in [-0.2, 0) is 24.0 Å². The average molecular weight is 232 g/mol. The highest BCUT2D eigenvalue weighted by Gasteiger charge is 2.42. The zero-order chi connectivity index (χ0) is 11.9. The molecule has 0 bridgehead atoms. The molecule has 1 fully saturated rings. The Kier molecular flexibility index (Phi) is 2.72. The molecule has 17 heavy (non-hydrogen) atoms. The van der Waals surface area contributed by atoms with Gasteiger partial charge in [-0.25, -0.2) is 0 Å². The van der Waals surface area contributed by atoms with Gasteiger partial charge < -0.3 is 9.84 Å². The highest BCUT2D eigenvalue weighted by atomic mass is 16.5. The molecule has 2 nitrogen and oxygen atoms in total. The van der Waals surface area contributed by atoms with Crippen molar-refractivity contribution in [1.29, 1.82) is 0 Å². The normalized spacial score (nSPS) is 31.1. The van der Waals surface area contributed by atoms with Crippen LogP contribution >= 0.6 is 0 Å². The van der Waals surface area contributed by atoms with E-state index >= 15 is 0 Å². The molecule has 0 radical (unpaired) electrons. The van der Waals surface area contributed by atoms with Crippen molar-refractivity contribution in [3.8, 4) is 0 Å². The van der Waals surface area contributed by atoms with Crippen molar-refractivity contribution < 1.29 is 9.84 Å². The summed E-state index contributed by atoms with van der Waals surface area (Å²) in [5, 5.41) is 10.3. The molecule has 0 aromatic heterocycles. The Morgan fingerprint density at radius 3 is 2.82 bits per heavy atom. The lowest BCUT2D eigenvalue weighted by Crippen LogP contribution is -2.49. The van der Waals surface area contributed by atoms with Crippen LogP contribution < -0.4 is 0 Å². The van der Waals surface area contributed by atoms with E-state index < -0.39 is 5.60 Å². The third-order valence-electron chi connectivity index (χ3n) is 4.24. The zero-order valence-electron chi connectivity index (χ0n) is 10.4. The first-order valence-corrected chi connectivity index (χ1v) is 6.54. The van der Waals surface area contributed by atoms with Crippen LogP contribution in [-0.4, -0.2) is 23.9 Å². The van der Waals surface area contributed by atoms with Crippen molar-refractivity contribution >= 4 is 0 Å². The molecule has 0 aliphatic heterocycles. The van der Waals surface area contributed by atoms with E-state index in [2.05, 4.69) is 18.2 Å². The smallest absolute Gasteiger partial charge is 0.0737 e. The summed E-state index contributed by atoms with van der Waals surface area (Å²) in [6.45, 7) is 0. The molecule has 2 heteroatoms. The Bertz CT molecular complexity index is 419. The summed E-state index contributed by atoms with van der Waals surface area (Å²) >= 11 is 0. The van der Waals surface area contributed by atoms with Gasteiger partial charge in [-0.1, -0.05) is 18.2 Å². The Balaban J connectivity index is 1.70. The minimum absolute atomic E-state index is 0.259. The first-order chi connectivity index (χ1) is 8.18. The molecule has 3 rings (SSSR count). The molecular weight excluding hydrogens is 212 g/mol. The molecule has 0 saturated heterocycles. The summed E-state index contributed by atoms with van der Waals surface area (Å²) in [6, 6.07) is 6.72. The number of methoxy groups -OCH3 is 1. The maximum Gasteiger partial charge on any atom is 0.0737 e. The molecule has 0 unspecified atom stereocenters. The molecule has 92 valence electrons. The zero-order valence-corrected chi connectivity index (χ0v) is 10.4. The van der Waals surface area contributed by atoms with E-state index in [-0.39, 0.29) is 6.10 Å². The molecule has 1 N–H and O–H groups in total. The van der Waals surface area contributed by atoms with Crippen LogP contribution in [0, 0.1) is 0 Å². The summed E-state index contributed by atoms with van der Waals surface area (Å²) in [6.07, 6.45) is 6.32. The second-order valence-corrected chi connectivity index (χ2v) is 5.62. The van der Waals surface area contributed by atoms with Crippen LogP contribution in [0.1, 0.15) is 36.0 Å². The summed E-state index contributed by atoms with van der Waals surface area (Å²) in [5.74, 6) is 0. The first-order valence-electron chi connectivity index (χ1n) is 6.54. The molecule has 1 aromatic rings. The average Bonchev–Trinajstić information content (AvgIpc) is 2.72. The molecule has 0 atom stereocenters. The number of fused-ring (bicyclic) bond motifs is 1. The third-order valence-corrected chi connectivity index (χ3v) is 4.24. The van der Waals surface area contributed by atoms with E-state index in [1.807, 2.05) is 0 Å². The van der Waals surface area contributed by atoms with Crippen LogP contribution in [0.2, 0.25) is 0 Å². The van der Waals surface area contributed by atoms with Crippen LogP contribution in [0.4, 0.5) is 0 Å². The SMILES string of the molecule is COC1CC(O)(Cc2ccc3c(c2)CCC3)C1. The fourth-order valence-corrected chi connectivity index (χ4v) is 3.21. The van der Waals surface area contributed by atoms with E-state index in [1.165, 1.54) is 36.0 Å². The highest BCUT2D eigenvalue weighted by molar-refractivity contribution is 5.36. The van der Waals surface area contributed by atoms with Gasteiger partial charge in [0.15, 0.2) is 0 Å². The molecule has 0 spiro atoms. The van der Waals surface area contributed by atoms with E-state index in [1.54, 1.807) is 7.11 Å². The maximum atomic E-state index is 10.3. The molecule has 1 saturated carbocycles. The molecule has 1 aromatic carbocycles. The fraction of sp³-hybridized carbons (Fsp3) is 0.600. The predicted molar refractivity (Wildman–Crippen MR) is 67.2 cm³/mol. The molecule has 2 aliphatic rings. The molecule has 0 heterocycles. The van der Waals surface area contributed by atoms with Crippen molar-refractivity contribution in [2.75, 3.05) is 7.11 Å². The standard InChI is InChI=1S/C15H20O2/c1-17-14-9-15(16,10-14)8-11-5-6-12-3-2-4-13(12)7-11/h5-7,14,16H,2-4,8-10H2,1H3. The van der Waals surface area contributed by atoms with Gasteiger partial charge in [0.05, 0.1) is 11.7 Å². The van der Waals surface area contributed by atoms with Crippen LogP contribution in [0.15, 0.2) is 18.2 Å². The third kappa shape index (κ3) is 2.12. The summed E-state index contributed by atoms with van der Waals surface area (Å²) in [5.41, 5.74) is 3.76. The summed E-state index contributed by atoms with van der Waals surface area (Å²) in [4.78, 5) is 0. The van der Waals surface area contributed by atoms with Gasteiger partial charge in [-0.2, -0.15) is 0 Å². The van der Waals surface area contributed by atoms with Crippen LogP contribution in [0.3, 0.4) is 0 Å². The Morgan fingerprint density at radius 2 is 2.06 bits per heavy atom. The summed E-state index contributed by atoms with van der Waals surface area (Å²) < 4.78 is 5.23. The Labute approximate surface area is 103 Å². The number of hydrogen-bond donors (Lipinski definition) is 1. The van der Waals surface area contributed by atoms with Gasteiger partial charge in [-0.15, -0.1) is 0 Å². The lowest BCUT2D eigenvalue weighted by atomic mass is 9.73. The van der Waals surface area contributed by atoms with E-state index in [0.29, 0.717) is 0 Å². The predicted octanol–water partition coefficient (Wildman–Crippen LogP) is 2.26. The number of aryl methyl sites for hydroxylation is 2.